The van der Waals surface area contributed by atoms with Crippen molar-refractivity contribution in [2.45, 2.75) is 13.8 Å². The Kier molecular flexibility index (Phi) is 7.57. The van der Waals surface area contributed by atoms with Gasteiger partial charge >= 0.3 is 5.97 Å². The number of aromatic nitrogens is 2. The van der Waals surface area contributed by atoms with E-state index in [4.69, 9.17) is 21.1 Å². The number of carbonyl (C=O) groups is 3. The van der Waals surface area contributed by atoms with Crippen molar-refractivity contribution < 1.29 is 23.9 Å². The van der Waals surface area contributed by atoms with E-state index in [0.29, 0.717) is 22.2 Å². The first-order chi connectivity index (χ1) is 15.8. The number of anilines is 2. The molecule has 0 spiro atoms. The Morgan fingerprint density at radius 2 is 1.76 bits per heavy atom. The zero-order chi connectivity index (χ0) is 24.0. The molecular formula is C23H21ClN4O5. The third-order valence-corrected chi connectivity index (χ3v) is 4.91. The fourth-order valence-electron chi connectivity index (χ4n) is 2.80. The summed E-state index contributed by atoms with van der Waals surface area (Å²) in [6.07, 6.45) is 2.69. The molecule has 0 bridgehead atoms. The molecule has 0 saturated heterocycles. The van der Waals surface area contributed by atoms with E-state index in [1.807, 2.05) is 0 Å². The van der Waals surface area contributed by atoms with Gasteiger partial charge in [0.15, 0.2) is 12.3 Å². The molecule has 1 heterocycles. The number of rotatable bonds is 7. The third-order valence-electron chi connectivity index (χ3n) is 4.50. The maximum Gasteiger partial charge on any atom is 0.359 e. The second-order valence-corrected chi connectivity index (χ2v) is 7.38. The van der Waals surface area contributed by atoms with Gasteiger partial charge in [0.05, 0.1) is 35.9 Å². The first-order valence-corrected chi connectivity index (χ1v) is 10.2. The summed E-state index contributed by atoms with van der Waals surface area (Å²) in [5.74, 6) is -1.48. The molecule has 0 saturated carbocycles. The quantitative estimate of drug-likeness (QED) is 0.506. The number of nitrogens with zero attached hydrogens (tertiary/aromatic N) is 2. The lowest BCUT2D eigenvalue weighted by molar-refractivity contribution is -0.119. The maximum absolute atomic E-state index is 12.9. The number of aryl methyl sites for hydroxylation is 2. The second kappa shape index (κ2) is 10.6. The molecule has 1 aromatic heterocycles. The normalized spacial score (nSPS) is 10.3. The van der Waals surface area contributed by atoms with Gasteiger partial charge in [-0.2, -0.15) is 0 Å². The van der Waals surface area contributed by atoms with Gasteiger partial charge in [-0.05, 0) is 37.6 Å². The minimum Gasteiger partial charge on any atom is -0.495 e. The topological polar surface area (TPSA) is 120 Å². The van der Waals surface area contributed by atoms with E-state index >= 15 is 0 Å². The van der Waals surface area contributed by atoms with Crippen LogP contribution < -0.4 is 15.4 Å². The monoisotopic (exact) mass is 468 g/mol. The average Bonchev–Trinajstić information content (AvgIpc) is 2.80. The lowest BCUT2D eigenvalue weighted by atomic mass is 10.1. The molecule has 9 nitrogen and oxygen atoms in total. The molecule has 0 radical (unpaired) electrons. The van der Waals surface area contributed by atoms with Crippen LogP contribution >= 0.6 is 11.6 Å². The van der Waals surface area contributed by atoms with Gasteiger partial charge in [-0.15, -0.1) is 0 Å². The number of halogens is 1. The van der Waals surface area contributed by atoms with Crippen molar-refractivity contribution in [1.82, 2.24) is 9.97 Å². The van der Waals surface area contributed by atoms with Crippen LogP contribution in [0.25, 0.3) is 0 Å². The number of methoxy groups -OCH3 is 1. The number of esters is 1. The van der Waals surface area contributed by atoms with E-state index in [1.165, 1.54) is 19.5 Å². The van der Waals surface area contributed by atoms with Gasteiger partial charge in [0.25, 0.3) is 11.8 Å². The molecule has 0 aliphatic carbocycles. The summed E-state index contributed by atoms with van der Waals surface area (Å²) in [4.78, 5) is 45.1. The van der Waals surface area contributed by atoms with Gasteiger partial charge in [-0.25, -0.2) is 9.78 Å². The lowest BCUT2D eigenvalue weighted by Crippen LogP contribution is -2.23. The number of carbonyl (C=O) groups excluding carboxylic acids is 3. The lowest BCUT2D eigenvalue weighted by Gasteiger charge is -2.14. The van der Waals surface area contributed by atoms with Crippen molar-refractivity contribution >= 4 is 40.8 Å². The smallest absolute Gasteiger partial charge is 0.359 e. The molecule has 2 N–H and O–H groups in total. The minimum atomic E-state index is -0.783. The summed E-state index contributed by atoms with van der Waals surface area (Å²) in [6, 6.07) is 9.72. The highest BCUT2D eigenvalue weighted by Gasteiger charge is 2.17. The van der Waals surface area contributed by atoms with Crippen molar-refractivity contribution in [2.24, 2.45) is 0 Å². The van der Waals surface area contributed by atoms with Crippen LogP contribution in [0, 0.1) is 13.8 Å². The Morgan fingerprint density at radius 3 is 2.45 bits per heavy atom. The Balaban J connectivity index is 1.68. The third kappa shape index (κ3) is 6.05. The van der Waals surface area contributed by atoms with Gasteiger partial charge < -0.3 is 20.1 Å². The number of ether oxygens (including phenoxy) is 2. The highest BCUT2D eigenvalue weighted by molar-refractivity contribution is 6.31. The first kappa shape index (κ1) is 23.7. The molecule has 0 unspecified atom stereocenters. The van der Waals surface area contributed by atoms with Crippen LogP contribution in [0.1, 0.15) is 32.1 Å². The van der Waals surface area contributed by atoms with Gasteiger partial charge in [0.2, 0.25) is 0 Å². The van der Waals surface area contributed by atoms with Crippen molar-refractivity contribution in [3.05, 3.63) is 76.3 Å². The molecule has 0 fully saturated rings. The predicted octanol–water partition coefficient (Wildman–Crippen LogP) is 3.80. The first-order valence-electron chi connectivity index (χ1n) is 9.78. The summed E-state index contributed by atoms with van der Waals surface area (Å²) < 4.78 is 10.3. The van der Waals surface area contributed by atoms with E-state index < -0.39 is 24.4 Å². The molecule has 3 aromatic rings. The van der Waals surface area contributed by atoms with E-state index in [1.54, 1.807) is 50.2 Å². The van der Waals surface area contributed by atoms with E-state index in [2.05, 4.69) is 20.6 Å². The molecule has 0 atom stereocenters. The fourth-order valence-corrected chi connectivity index (χ4v) is 2.95. The zero-order valence-corrected chi connectivity index (χ0v) is 18.9. The zero-order valence-electron chi connectivity index (χ0n) is 18.1. The summed E-state index contributed by atoms with van der Waals surface area (Å²) in [5, 5.41) is 5.84. The minimum absolute atomic E-state index is 0.0135. The standard InChI is InChI=1S/C23H21ClN4O5/c1-13-8-18(20(32-3)9-16(13)24)28-22(30)15-6-4-5-7-17(15)27-21(29)12-33-23(31)19-11-25-14(2)10-26-19/h4-11H,12H2,1-3H3,(H,27,29)(H,28,30). The Labute approximate surface area is 195 Å². The summed E-state index contributed by atoms with van der Waals surface area (Å²) in [7, 11) is 1.47. The number of nitrogens with one attached hydrogen (secondary N) is 2. The Bertz CT molecular complexity index is 1200. The highest BCUT2D eigenvalue weighted by atomic mass is 35.5. The van der Waals surface area contributed by atoms with Crippen molar-refractivity contribution in [3.8, 4) is 5.75 Å². The van der Waals surface area contributed by atoms with Gasteiger partial charge in [0.1, 0.15) is 5.75 Å². The number of hydrogen-bond donors (Lipinski definition) is 2. The molecule has 2 aromatic carbocycles. The molecule has 3 rings (SSSR count). The van der Waals surface area contributed by atoms with Crippen LogP contribution in [0.4, 0.5) is 11.4 Å². The number of amides is 2. The molecule has 33 heavy (non-hydrogen) atoms. The fraction of sp³-hybridized carbons (Fsp3) is 0.174. The predicted molar refractivity (Wildman–Crippen MR) is 123 cm³/mol. The molecule has 170 valence electrons. The van der Waals surface area contributed by atoms with Gasteiger partial charge in [-0.1, -0.05) is 23.7 Å². The van der Waals surface area contributed by atoms with Gasteiger partial charge in [-0.3, -0.25) is 14.6 Å². The molecular weight excluding hydrogens is 448 g/mol. The number of benzene rings is 2. The molecule has 2 amide bonds. The molecule has 0 aliphatic heterocycles. The van der Waals surface area contributed by atoms with Crippen LogP contribution in [0.2, 0.25) is 5.02 Å². The van der Waals surface area contributed by atoms with Crippen LogP contribution in [-0.2, 0) is 9.53 Å². The van der Waals surface area contributed by atoms with Crippen LogP contribution in [0.3, 0.4) is 0 Å². The van der Waals surface area contributed by atoms with Gasteiger partial charge in [0, 0.05) is 17.3 Å². The number of para-hydroxylation sites is 1. The Morgan fingerprint density at radius 1 is 1.00 bits per heavy atom. The Hall–Kier alpha value is -3.98. The van der Waals surface area contributed by atoms with Crippen molar-refractivity contribution in [3.63, 3.8) is 0 Å². The van der Waals surface area contributed by atoms with E-state index in [-0.39, 0.29) is 16.9 Å². The number of hydrogen-bond acceptors (Lipinski definition) is 7. The van der Waals surface area contributed by atoms with Crippen LogP contribution in [0.5, 0.6) is 5.75 Å². The average molecular weight is 469 g/mol. The van der Waals surface area contributed by atoms with Crippen molar-refractivity contribution in [2.75, 3.05) is 24.4 Å². The highest BCUT2D eigenvalue weighted by Crippen LogP contribution is 2.31. The molecule has 10 heteroatoms. The van der Waals surface area contributed by atoms with E-state index in [9.17, 15) is 14.4 Å². The summed E-state index contributed by atoms with van der Waals surface area (Å²) in [5.41, 5.74) is 2.27. The molecule has 0 aliphatic rings. The van der Waals surface area contributed by atoms with Crippen LogP contribution in [0.15, 0.2) is 48.8 Å². The summed E-state index contributed by atoms with van der Waals surface area (Å²) >= 11 is 6.12. The van der Waals surface area contributed by atoms with Crippen molar-refractivity contribution in [1.29, 1.82) is 0 Å². The van der Waals surface area contributed by atoms with E-state index in [0.717, 1.165) is 5.56 Å². The summed E-state index contributed by atoms with van der Waals surface area (Å²) in [6.45, 7) is 2.97. The maximum atomic E-state index is 12.9. The SMILES string of the molecule is COc1cc(Cl)c(C)cc1NC(=O)c1ccccc1NC(=O)COC(=O)c1cnc(C)cn1. The van der Waals surface area contributed by atoms with Crippen LogP contribution in [-0.4, -0.2) is 41.5 Å². The largest absolute Gasteiger partial charge is 0.495 e. The second-order valence-electron chi connectivity index (χ2n) is 6.97.